The summed E-state index contributed by atoms with van der Waals surface area (Å²) in [5, 5.41) is 9.44. The van der Waals surface area contributed by atoms with E-state index < -0.39 is 11.9 Å². The molecule has 0 saturated heterocycles. The quantitative estimate of drug-likeness (QED) is 0.825. The van der Waals surface area contributed by atoms with Gasteiger partial charge in [-0.3, -0.25) is 4.79 Å². The summed E-state index contributed by atoms with van der Waals surface area (Å²) in [6, 6.07) is 13.9. The molecule has 0 aromatic heterocycles. The smallest absolute Gasteiger partial charge is 0.315 e. The van der Waals surface area contributed by atoms with E-state index in [4.69, 9.17) is 10.5 Å². The summed E-state index contributed by atoms with van der Waals surface area (Å²) < 4.78 is 5.13. The Labute approximate surface area is 111 Å². The first-order chi connectivity index (χ1) is 9.11. The van der Waals surface area contributed by atoms with E-state index in [0.717, 1.165) is 0 Å². The predicted molar refractivity (Wildman–Crippen MR) is 73.3 cm³/mol. The fourth-order valence-corrected chi connectivity index (χ4v) is 1.99. The highest BCUT2D eigenvalue weighted by Gasteiger charge is 2.22. The van der Waals surface area contributed by atoms with Crippen LogP contribution in [0.3, 0.4) is 0 Å². The normalized spacial score (nSPS) is 11.8. The molecule has 2 aromatic carbocycles. The fraction of sp³-hybridized carbons (Fsp3) is 0.133. The van der Waals surface area contributed by atoms with Gasteiger partial charge in [0.15, 0.2) is 0 Å². The Hall–Kier alpha value is -2.49. The minimum atomic E-state index is -0.905. The second-order valence-electron chi connectivity index (χ2n) is 4.21. The number of nitrogen functional groups attached to an aromatic ring is 1. The predicted octanol–water partition coefficient (Wildman–Crippen LogP) is 2.49. The van der Waals surface area contributed by atoms with Crippen LogP contribution in [-0.2, 0) is 4.79 Å². The van der Waals surface area contributed by atoms with Gasteiger partial charge in [-0.2, -0.15) is 0 Å². The maximum atomic E-state index is 11.5. The summed E-state index contributed by atoms with van der Waals surface area (Å²) in [4.78, 5) is 11.5. The van der Waals surface area contributed by atoms with E-state index in [0.29, 0.717) is 22.6 Å². The van der Waals surface area contributed by atoms with Crippen LogP contribution in [0.4, 0.5) is 5.69 Å². The Morgan fingerprint density at radius 3 is 2.42 bits per heavy atom. The number of carboxylic acids is 1. The van der Waals surface area contributed by atoms with Crippen LogP contribution in [0.2, 0.25) is 0 Å². The van der Waals surface area contributed by atoms with Crippen LogP contribution in [-0.4, -0.2) is 18.2 Å². The Bertz CT molecular complexity index is 578. The third-order valence-electron chi connectivity index (χ3n) is 2.94. The van der Waals surface area contributed by atoms with Crippen LogP contribution < -0.4 is 10.5 Å². The van der Waals surface area contributed by atoms with Crippen LogP contribution in [0.1, 0.15) is 17.0 Å². The average Bonchev–Trinajstić information content (AvgIpc) is 2.41. The van der Waals surface area contributed by atoms with Crippen LogP contribution in [0.25, 0.3) is 0 Å². The van der Waals surface area contributed by atoms with E-state index in [2.05, 4.69) is 0 Å². The molecular formula is C15H15NO3. The summed E-state index contributed by atoms with van der Waals surface area (Å²) in [6.07, 6.45) is 0. The summed E-state index contributed by atoms with van der Waals surface area (Å²) >= 11 is 0. The van der Waals surface area contributed by atoms with Crippen molar-refractivity contribution in [3.05, 3.63) is 59.7 Å². The van der Waals surface area contributed by atoms with E-state index >= 15 is 0 Å². The van der Waals surface area contributed by atoms with E-state index in [1.54, 1.807) is 55.6 Å². The van der Waals surface area contributed by atoms with Gasteiger partial charge in [-0.1, -0.05) is 24.3 Å². The third kappa shape index (κ3) is 2.85. The minimum Gasteiger partial charge on any atom is -0.497 e. The van der Waals surface area contributed by atoms with Crippen LogP contribution in [0, 0.1) is 0 Å². The number of methoxy groups -OCH3 is 1. The van der Waals surface area contributed by atoms with Crippen molar-refractivity contribution in [3.8, 4) is 5.75 Å². The topological polar surface area (TPSA) is 72.5 Å². The molecule has 0 radical (unpaired) electrons. The first-order valence-corrected chi connectivity index (χ1v) is 5.84. The van der Waals surface area contributed by atoms with Gasteiger partial charge >= 0.3 is 5.97 Å². The van der Waals surface area contributed by atoms with E-state index in [1.165, 1.54) is 0 Å². The molecule has 2 rings (SSSR count). The largest absolute Gasteiger partial charge is 0.497 e. The molecule has 0 bridgehead atoms. The molecule has 0 aliphatic heterocycles. The second-order valence-corrected chi connectivity index (χ2v) is 4.21. The van der Waals surface area contributed by atoms with Gasteiger partial charge in [-0.15, -0.1) is 0 Å². The highest BCUT2D eigenvalue weighted by Crippen LogP contribution is 2.28. The number of nitrogens with two attached hydrogens (primary N) is 1. The van der Waals surface area contributed by atoms with Crippen LogP contribution in [0.5, 0.6) is 5.75 Å². The number of benzene rings is 2. The van der Waals surface area contributed by atoms with E-state index in [1.807, 2.05) is 0 Å². The lowest BCUT2D eigenvalue weighted by molar-refractivity contribution is -0.137. The van der Waals surface area contributed by atoms with Gasteiger partial charge in [0.1, 0.15) is 11.7 Å². The molecule has 0 fully saturated rings. The zero-order valence-electron chi connectivity index (χ0n) is 10.5. The van der Waals surface area contributed by atoms with Gasteiger partial charge in [-0.05, 0) is 35.4 Å². The van der Waals surface area contributed by atoms with E-state index in [9.17, 15) is 9.90 Å². The molecule has 1 unspecified atom stereocenters. The van der Waals surface area contributed by atoms with Crippen LogP contribution in [0.15, 0.2) is 48.5 Å². The molecule has 0 saturated carbocycles. The van der Waals surface area contributed by atoms with Crippen molar-refractivity contribution in [3.63, 3.8) is 0 Å². The monoisotopic (exact) mass is 257 g/mol. The number of hydrogen-bond acceptors (Lipinski definition) is 3. The summed E-state index contributed by atoms with van der Waals surface area (Å²) in [5.41, 5.74) is 7.60. The highest BCUT2D eigenvalue weighted by atomic mass is 16.5. The van der Waals surface area contributed by atoms with Gasteiger partial charge in [0, 0.05) is 5.69 Å². The molecule has 3 N–H and O–H groups in total. The molecule has 0 heterocycles. The Morgan fingerprint density at radius 2 is 1.84 bits per heavy atom. The molecule has 0 spiro atoms. The molecule has 4 nitrogen and oxygen atoms in total. The number of anilines is 1. The zero-order valence-corrected chi connectivity index (χ0v) is 10.5. The molecule has 4 heteroatoms. The number of carbonyl (C=O) groups is 1. The van der Waals surface area contributed by atoms with Gasteiger partial charge < -0.3 is 15.6 Å². The molecule has 0 amide bonds. The van der Waals surface area contributed by atoms with Gasteiger partial charge in [-0.25, -0.2) is 0 Å². The van der Waals surface area contributed by atoms with Crippen molar-refractivity contribution >= 4 is 11.7 Å². The summed E-state index contributed by atoms with van der Waals surface area (Å²) in [7, 11) is 1.55. The van der Waals surface area contributed by atoms with Crippen molar-refractivity contribution in [2.75, 3.05) is 12.8 Å². The summed E-state index contributed by atoms with van der Waals surface area (Å²) in [6.45, 7) is 0. The van der Waals surface area contributed by atoms with Crippen molar-refractivity contribution < 1.29 is 14.6 Å². The molecular weight excluding hydrogens is 242 g/mol. The Morgan fingerprint density at radius 1 is 1.16 bits per heavy atom. The lowest BCUT2D eigenvalue weighted by Gasteiger charge is -2.14. The Balaban J connectivity index is 2.45. The van der Waals surface area contributed by atoms with Crippen molar-refractivity contribution in [1.82, 2.24) is 0 Å². The van der Waals surface area contributed by atoms with Gasteiger partial charge in [0.2, 0.25) is 0 Å². The number of carboxylic acid groups (broad SMARTS) is 1. The Kier molecular flexibility index (Phi) is 3.71. The minimum absolute atomic E-state index is 0.610. The lowest BCUT2D eigenvalue weighted by atomic mass is 9.91. The number of hydrogen-bond donors (Lipinski definition) is 2. The molecule has 98 valence electrons. The molecule has 0 aliphatic carbocycles. The third-order valence-corrected chi connectivity index (χ3v) is 2.94. The first kappa shape index (κ1) is 13.0. The average molecular weight is 257 g/mol. The second kappa shape index (κ2) is 5.44. The first-order valence-electron chi connectivity index (χ1n) is 5.84. The summed E-state index contributed by atoms with van der Waals surface area (Å²) in [5.74, 6) is -0.993. The van der Waals surface area contributed by atoms with Crippen molar-refractivity contribution in [1.29, 1.82) is 0 Å². The van der Waals surface area contributed by atoms with E-state index in [-0.39, 0.29) is 0 Å². The maximum Gasteiger partial charge on any atom is 0.315 e. The highest BCUT2D eigenvalue weighted by molar-refractivity contribution is 5.80. The van der Waals surface area contributed by atoms with Crippen molar-refractivity contribution in [2.45, 2.75) is 5.92 Å². The maximum absolute atomic E-state index is 11.5. The van der Waals surface area contributed by atoms with Gasteiger partial charge in [0.05, 0.1) is 7.11 Å². The fourth-order valence-electron chi connectivity index (χ4n) is 1.99. The van der Waals surface area contributed by atoms with Gasteiger partial charge in [0.25, 0.3) is 0 Å². The lowest BCUT2D eigenvalue weighted by Crippen LogP contribution is -2.13. The molecule has 2 aromatic rings. The molecule has 0 aliphatic rings. The number of aliphatic carboxylic acids is 1. The SMILES string of the molecule is COc1cccc(C(C(=O)O)c2ccc(N)cc2)c1. The zero-order chi connectivity index (χ0) is 13.8. The number of ether oxygens (including phenoxy) is 1. The standard InChI is InChI=1S/C15H15NO3/c1-19-13-4-2-3-11(9-13)14(15(17)18)10-5-7-12(16)8-6-10/h2-9,14H,16H2,1H3,(H,17,18). The molecule has 1 atom stereocenters. The number of rotatable bonds is 4. The molecule has 19 heavy (non-hydrogen) atoms. The van der Waals surface area contributed by atoms with Crippen molar-refractivity contribution in [2.24, 2.45) is 0 Å². The van der Waals surface area contributed by atoms with Crippen LogP contribution >= 0.6 is 0 Å².